The van der Waals surface area contributed by atoms with Crippen LogP contribution in [0.3, 0.4) is 0 Å². The van der Waals surface area contributed by atoms with Crippen LogP contribution >= 0.6 is 0 Å². The van der Waals surface area contributed by atoms with E-state index in [-0.39, 0.29) is 17.9 Å². The van der Waals surface area contributed by atoms with Crippen LogP contribution in [0.5, 0.6) is 0 Å². The van der Waals surface area contributed by atoms with E-state index in [2.05, 4.69) is 39.3 Å². The van der Waals surface area contributed by atoms with Crippen molar-refractivity contribution < 1.29 is 9.59 Å². The summed E-state index contributed by atoms with van der Waals surface area (Å²) >= 11 is 0. The normalized spacial score (nSPS) is 20.6. The minimum absolute atomic E-state index is 0.0133. The zero-order valence-electron chi connectivity index (χ0n) is 23.5. The molecule has 2 fully saturated rings. The van der Waals surface area contributed by atoms with Crippen LogP contribution in [0.15, 0.2) is 43.0 Å². The van der Waals surface area contributed by atoms with Crippen molar-refractivity contribution in [3.8, 4) is 11.1 Å². The average molecular weight is 542 g/mol. The van der Waals surface area contributed by atoms with E-state index in [1.807, 2.05) is 35.5 Å². The Balaban J connectivity index is 1.24. The molecule has 2 unspecified atom stereocenters. The first kappa shape index (κ1) is 26.5. The van der Waals surface area contributed by atoms with E-state index in [1.54, 1.807) is 16.9 Å². The molecule has 9 heteroatoms. The highest BCUT2D eigenvalue weighted by molar-refractivity contribution is 6.03. The fourth-order valence-corrected chi connectivity index (χ4v) is 6.36. The lowest BCUT2D eigenvalue weighted by atomic mass is 9.95. The average Bonchev–Trinajstić information content (AvgIpc) is 3.52. The van der Waals surface area contributed by atoms with Crippen LogP contribution in [0.4, 0.5) is 0 Å². The molecule has 4 aromatic rings. The first-order valence-corrected chi connectivity index (χ1v) is 14.7. The molecule has 1 saturated heterocycles. The summed E-state index contributed by atoms with van der Waals surface area (Å²) in [4.78, 5) is 38.5. The summed E-state index contributed by atoms with van der Waals surface area (Å²) in [5.74, 6) is 0.737. The number of aromatic nitrogens is 4. The zero-order chi connectivity index (χ0) is 27.6. The van der Waals surface area contributed by atoms with Gasteiger partial charge in [-0.25, -0.2) is 9.50 Å². The number of carbonyl (C=O) groups excluding carboxylic acids is 2. The summed E-state index contributed by atoms with van der Waals surface area (Å²) in [5.41, 5.74) is 4.55. The Hall–Kier alpha value is -3.72. The van der Waals surface area contributed by atoms with Crippen LogP contribution in [-0.4, -0.2) is 80.5 Å². The van der Waals surface area contributed by atoms with Gasteiger partial charge in [0.15, 0.2) is 0 Å². The van der Waals surface area contributed by atoms with E-state index < -0.39 is 0 Å². The molecule has 6 rings (SSSR count). The Bertz CT molecular complexity index is 1510. The molecule has 0 spiro atoms. The highest BCUT2D eigenvalue weighted by atomic mass is 16.2. The standard InChI is InChI=1S/C31H39N7O2/c1-3-5-21-6-4-7-24(9-8-21)35-30(39)27-20-34-38-11-10-22(17-28(27)38)26-19-33-29-25(26)16-23(18-32-29)31(40)37-14-12-36(2)13-15-37/h10-11,16-21,24H,3-9,12-15H2,1-2H3,(H,32,33)(H,35,39). The molecular formula is C31H39N7O2. The number of carbonyl (C=O) groups is 2. The molecule has 210 valence electrons. The molecule has 0 radical (unpaired) electrons. The third-order valence-corrected chi connectivity index (χ3v) is 8.77. The molecule has 1 aliphatic heterocycles. The minimum Gasteiger partial charge on any atom is -0.349 e. The second-order valence-corrected chi connectivity index (χ2v) is 11.6. The maximum absolute atomic E-state index is 13.4. The largest absolute Gasteiger partial charge is 0.349 e. The second kappa shape index (κ2) is 11.4. The van der Waals surface area contributed by atoms with Gasteiger partial charge in [0, 0.05) is 61.8 Å². The van der Waals surface area contributed by atoms with Gasteiger partial charge in [-0.05, 0) is 56.0 Å². The Kier molecular flexibility index (Phi) is 7.56. The van der Waals surface area contributed by atoms with Crippen molar-refractivity contribution in [3.63, 3.8) is 0 Å². The van der Waals surface area contributed by atoms with E-state index in [9.17, 15) is 9.59 Å². The van der Waals surface area contributed by atoms with Gasteiger partial charge in [0.25, 0.3) is 11.8 Å². The van der Waals surface area contributed by atoms with Gasteiger partial charge in [-0.15, -0.1) is 0 Å². The summed E-state index contributed by atoms with van der Waals surface area (Å²) in [6, 6.07) is 6.13. The summed E-state index contributed by atoms with van der Waals surface area (Å²) in [6.45, 7) is 5.44. The predicted molar refractivity (Wildman–Crippen MR) is 156 cm³/mol. The van der Waals surface area contributed by atoms with Gasteiger partial charge in [0.2, 0.25) is 0 Å². The predicted octanol–water partition coefficient (Wildman–Crippen LogP) is 4.74. The Morgan fingerprint density at radius 3 is 2.75 bits per heavy atom. The van der Waals surface area contributed by atoms with Crippen LogP contribution in [0.2, 0.25) is 0 Å². The fraction of sp³-hybridized carbons (Fsp3) is 0.484. The SMILES string of the molecule is CCCC1CCCC(NC(=O)c2cnn3ccc(-c4c[nH]c5ncc(C(=O)N6CCN(C)CC6)cc45)cc23)CC1. The number of fused-ring (bicyclic) bond motifs is 2. The summed E-state index contributed by atoms with van der Waals surface area (Å²) < 4.78 is 1.75. The lowest BCUT2D eigenvalue weighted by Gasteiger charge is -2.32. The van der Waals surface area contributed by atoms with Crippen LogP contribution in [0.25, 0.3) is 27.7 Å². The summed E-state index contributed by atoms with van der Waals surface area (Å²) in [5, 5.41) is 8.63. The number of amides is 2. The number of nitrogens with one attached hydrogen (secondary N) is 2. The quantitative estimate of drug-likeness (QED) is 0.344. The van der Waals surface area contributed by atoms with Crippen molar-refractivity contribution in [2.45, 2.75) is 57.9 Å². The van der Waals surface area contributed by atoms with Crippen molar-refractivity contribution in [3.05, 3.63) is 54.1 Å². The lowest BCUT2D eigenvalue weighted by Crippen LogP contribution is -2.47. The van der Waals surface area contributed by atoms with Crippen molar-refractivity contribution in [2.75, 3.05) is 33.2 Å². The lowest BCUT2D eigenvalue weighted by molar-refractivity contribution is 0.0663. The van der Waals surface area contributed by atoms with Gasteiger partial charge in [0.1, 0.15) is 5.65 Å². The van der Waals surface area contributed by atoms with Crippen molar-refractivity contribution >= 4 is 28.4 Å². The molecule has 1 saturated carbocycles. The van der Waals surface area contributed by atoms with Crippen LogP contribution in [-0.2, 0) is 0 Å². The van der Waals surface area contributed by atoms with Gasteiger partial charge < -0.3 is 20.1 Å². The van der Waals surface area contributed by atoms with Gasteiger partial charge in [-0.3, -0.25) is 9.59 Å². The molecule has 2 N–H and O–H groups in total. The molecule has 9 nitrogen and oxygen atoms in total. The third kappa shape index (κ3) is 5.35. The number of pyridine rings is 2. The Labute approximate surface area is 234 Å². The van der Waals surface area contributed by atoms with E-state index in [1.165, 1.54) is 32.1 Å². The maximum atomic E-state index is 13.4. The van der Waals surface area contributed by atoms with Crippen molar-refractivity contribution in [1.29, 1.82) is 0 Å². The molecule has 40 heavy (non-hydrogen) atoms. The third-order valence-electron chi connectivity index (χ3n) is 8.77. The Morgan fingerprint density at radius 1 is 1.07 bits per heavy atom. The number of rotatable bonds is 6. The number of aromatic amines is 1. The monoisotopic (exact) mass is 541 g/mol. The van der Waals surface area contributed by atoms with E-state index in [4.69, 9.17) is 0 Å². The minimum atomic E-state index is -0.0632. The first-order chi connectivity index (χ1) is 19.5. The number of likely N-dealkylation sites (N-methyl/N-ethyl adjacent to an activating group) is 1. The zero-order valence-corrected chi connectivity index (χ0v) is 23.5. The smallest absolute Gasteiger partial charge is 0.255 e. The van der Waals surface area contributed by atoms with Gasteiger partial charge in [-0.2, -0.15) is 5.10 Å². The molecule has 2 aliphatic rings. The highest BCUT2D eigenvalue weighted by Gasteiger charge is 2.24. The molecule has 0 bridgehead atoms. The van der Waals surface area contributed by atoms with E-state index in [0.29, 0.717) is 11.1 Å². The first-order valence-electron chi connectivity index (χ1n) is 14.7. The summed E-state index contributed by atoms with van der Waals surface area (Å²) in [6.07, 6.45) is 15.3. The molecule has 2 atom stereocenters. The molecule has 5 heterocycles. The molecule has 2 amide bonds. The van der Waals surface area contributed by atoms with Crippen LogP contribution in [0.1, 0.15) is 72.6 Å². The number of piperazine rings is 1. The number of H-pyrrole nitrogens is 1. The van der Waals surface area contributed by atoms with Crippen molar-refractivity contribution in [2.24, 2.45) is 5.92 Å². The van der Waals surface area contributed by atoms with Gasteiger partial charge >= 0.3 is 0 Å². The van der Waals surface area contributed by atoms with Crippen LogP contribution in [0, 0.1) is 5.92 Å². The molecule has 0 aromatic carbocycles. The second-order valence-electron chi connectivity index (χ2n) is 11.6. The summed E-state index contributed by atoms with van der Waals surface area (Å²) in [7, 11) is 2.08. The molecule has 1 aliphatic carbocycles. The fourth-order valence-electron chi connectivity index (χ4n) is 6.36. The van der Waals surface area contributed by atoms with Crippen molar-refractivity contribution in [1.82, 2.24) is 34.7 Å². The Morgan fingerprint density at radius 2 is 1.93 bits per heavy atom. The number of hydrogen-bond acceptors (Lipinski definition) is 5. The van der Waals surface area contributed by atoms with Crippen LogP contribution < -0.4 is 5.32 Å². The van der Waals surface area contributed by atoms with Gasteiger partial charge in [0.05, 0.1) is 22.8 Å². The molecule has 4 aromatic heterocycles. The van der Waals surface area contributed by atoms with E-state index in [0.717, 1.165) is 72.6 Å². The number of hydrogen-bond donors (Lipinski definition) is 2. The van der Waals surface area contributed by atoms with E-state index >= 15 is 0 Å². The highest BCUT2D eigenvalue weighted by Crippen LogP contribution is 2.31. The van der Waals surface area contributed by atoms with Gasteiger partial charge in [-0.1, -0.05) is 32.6 Å². The maximum Gasteiger partial charge on any atom is 0.255 e. The topological polar surface area (TPSA) is 98.6 Å². The molecular weight excluding hydrogens is 502 g/mol. The number of nitrogens with zero attached hydrogens (tertiary/aromatic N) is 5.